The van der Waals surface area contributed by atoms with E-state index in [-0.39, 0.29) is 16.0 Å². The van der Waals surface area contributed by atoms with Crippen molar-refractivity contribution >= 4 is 56.6 Å². The normalized spacial score (nSPS) is 12.0. The maximum absolute atomic E-state index is 11.3. The topological polar surface area (TPSA) is 71.6 Å². The van der Waals surface area contributed by atoms with Crippen LogP contribution in [0, 0.1) is 15.5 Å². The molecular weight excluding hydrogens is 404 g/mol. The third-order valence-corrected chi connectivity index (χ3v) is 6.79. The first-order valence-corrected chi connectivity index (χ1v) is 11.0. The molecule has 0 bridgehead atoms. The molecule has 0 aliphatic heterocycles. The van der Waals surface area contributed by atoms with Crippen LogP contribution in [0.2, 0.25) is 0 Å². The van der Waals surface area contributed by atoms with Gasteiger partial charge in [0, 0.05) is 32.1 Å². The van der Waals surface area contributed by atoms with E-state index in [0.29, 0.717) is 11.3 Å². The Morgan fingerprint density at radius 1 is 1.24 bits per heavy atom. The van der Waals surface area contributed by atoms with Crippen LogP contribution in [0.4, 0.5) is 17.1 Å². The molecule has 0 radical (unpaired) electrons. The Kier molecular flexibility index (Phi) is 6.24. The Balaban J connectivity index is 1.81. The van der Waals surface area contributed by atoms with Gasteiger partial charge in [-0.05, 0) is 35.2 Å². The lowest BCUT2D eigenvalue weighted by Crippen LogP contribution is -2.11. The van der Waals surface area contributed by atoms with Gasteiger partial charge < -0.3 is 4.90 Å². The summed E-state index contributed by atoms with van der Waals surface area (Å²) in [5, 5.41) is 11.3. The van der Waals surface area contributed by atoms with E-state index in [9.17, 15) is 10.1 Å². The molecule has 0 N–H and O–H groups in total. The second-order valence-electron chi connectivity index (χ2n) is 8.14. The molecular formula is C21H24N4O2S2. The molecule has 0 saturated heterocycles. The van der Waals surface area contributed by atoms with E-state index in [4.69, 9.17) is 0 Å². The lowest BCUT2D eigenvalue weighted by Gasteiger charge is -2.15. The zero-order chi connectivity index (χ0) is 21.2. The summed E-state index contributed by atoms with van der Waals surface area (Å²) in [5.41, 5.74) is 3.34. The van der Waals surface area contributed by atoms with Gasteiger partial charge in [-0.15, -0.1) is 11.3 Å². The average molecular weight is 429 g/mol. The van der Waals surface area contributed by atoms with Crippen molar-refractivity contribution in [3.8, 4) is 0 Å². The number of fused-ring (bicyclic) bond motifs is 1. The standard InChI is InChI=1S/C21H24N4O2S2/c1-21(2,3)13-28-20-23-16-8-7-15(11-19(16)29-20)22-12-14-6-9-17(24(4)5)18(10-14)25(26)27/h6-12H,13H2,1-5H3. The van der Waals surface area contributed by atoms with Crippen molar-refractivity contribution in [2.75, 3.05) is 24.7 Å². The molecule has 152 valence electrons. The minimum atomic E-state index is -0.368. The summed E-state index contributed by atoms with van der Waals surface area (Å²) in [6.07, 6.45) is 1.66. The van der Waals surface area contributed by atoms with E-state index in [1.165, 1.54) is 0 Å². The fourth-order valence-corrected chi connectivity index (χ4v) is 4.74. The number of thioether (sulfide) groups is 1. The Labute approximate surface area is 178 Å². The number of hydrogen-bond donors (Lipinski definition) is 0. The van der Waals surface area contributed by atoms with Gasteiger partial charge in [-0.3, -0.25) is 15.1 Å². The van der Waals surface area contributed by atoms with Gasteiger partial charge >= 0.3 is 0 Å². The summed E-state index contributed by atoms with van der Waals surface area (Å²) < 4.78 is 2.15. The summed E-state index contributed by atoms with van der Waals surface area (Å²) in [6, 6.07) is 11.0. The molecule has 6 nitrogen and oxygen atoms in total. The van der Waals surface area contributed by atoms with Gasteiger partial charge in [0.15, 0.2) is 4.34 Å². The Morgan fingerprint density at radius 2 is 2.00 bits per heavy atom. The van der Waals surface area contributed by atoms with Crippen LogP contribution in [-0.4, -0.2) is 36.0 Å². The Bertz CT molecular complexity index is 1070. The molecule has 0 spiro atoms. The quantitative estimate of drug-likeness (QED) is 0.203. The van der Waals surface area contributed by atoms with Gasteiger partial charge in [-0.2, -0.15) is 0 Å². The van der Waals surface area contributed by atoms with E-state index in [1.807, 2.05) is 24.3 Å². The third-order valence-electron chi connectivity index (χ3n) is 4.02. The van der Waals surface area contributed by atoms with Gasteiger partial charge in [0.2, 0.25) is 0 Å². The Morgan fingerprint density at radius 3 is 2.66 bits per heavy atom. The third kappa shape index (κ3) is 5.55. The monoisotopic (exact) mass is 428 g/mol. The lowest BCUT2D eigenvalue weighted by atomic mass is 10.0. The average Bonchev–Trinajstić information content (AvgIpc) is 3.06. The maximum atomic E-state index is 11.3. The molecule has 0 aliphatic carbocycles. The zero-order valence-corrected chi connectivity index (χ0v) is 18.8. The predicted octanol–water partition coefficient (Wildman–Crippen LogP) is 6.16. The molecule has 2 aromatic carbocycles. The van der Waals surface area contributed by atoms with Gasteiger partial charge in [-0.1, -0.05) is 38.6 Å². The highest BCUT2D eigenvalue weighted by Gasteiger charge is 2.16. The van der Waals surface area contributed by atoms with E-state index in [0.717, 1.165) is 26.0 Å². The molecule has 0 atom stereocenters. The molecule has 0 saturated carbocycles. The highest BCUT2D eigenvalue weighted by atomic mass is 32.2. The van der Waals surface area contributed by atoms with Crippen LogP contribution >= 0.6 is 23.1 Å². The molecule has 0 unspecified atom stereocenters. The minimum absolute atomic E-state index is 0.0670. The van der Waals surface area contributed by atoms with E-state index >= 15 is 0 Å². The number of nitrogens with zero attached hydrogens (tertiary/aromatic N) is 4. The number of thiazole rings is 1. The summed E-state index contributed by atoms with van der Waals surface area (Å²) in [6.45, 7) is 6.65. The first-order chi connectivity index (χ1) is 13.6. The predicted molar refractivity (Wildman–Crippen MR) is 124 cm³/mol. The van der Waals surface area contributed by atoms with Gasteiger partial charge in [0.1, 0.15) is 5.69 Å². The molecule has 0 aliphatic rings. The lowest BCUT2D eigenvalue weighted by molar-refractivity contribution is -0.384. The fourth-order valence-electron chi connectivity index (χ4n) is 2.61. The van der Waals surface area contributed by atoms with Gasteiger partial charge in [-0.25, -0.2) is 4.98 Å². The van der Waals surface area contributed by atoms with Crippen molar-refractivity contribution < 1.29 is 4.92 Å². The minimum Gasteiger partial charge on any atom is -0.372 e. The number of benzene rings is 2. The van der Waals surface area contributed by atoms with Crippen molar-refractivity contribution in [3.63, 3.8) is 0 Å². The van der Waals surface area contributed by atoms with Crippen molar-refractivity contribution in [3.05, 3.63) is 52.1 Å². The van der Waals surface area contributed by atoms with Crippen molar-refractivity contribution in [1.29, 1.82) is 0 Å². The number of nitro groups is 1. The summed E-state index contributed by atoms with van der Waals surface area (Å²) >= 11 is 3.45. The number of aromatic nitrogens is 1. The molecule has 0 amide bonds. The van der Waals surface area contributed by atoms with Crippen LogP contribution in [-0.2, 0) is 0 Å². The summed E-state index contributed by atoms with van der Waals surface area (Å²) in [7, 11) is 3.57. The van der Waals surface area contributed by atoms with Gasteiger partial charge in [0.25, 0.3) is 5.69 Å². The molecule has 0 fully saturated rings. The number of aliphatic imine (C=N–C) groups is 1. The molecule has 1 aromatic heterocycles. The van der Waals surface area contributed by atoms with Crippen LogP contribution in [0.3, 0.4) is 0 Å². The van der Waals surface area contributed by atoms with Crippen LogP contribution < -0.4 is 4.90 Å². The summed E-state index contributed by atoms with van der Waals surface area (Å²) in [4.78, 5) is 21.9. The first kappa shape index (κ1) is 21.3. The van der Waals surface area contributed by atoms with Crippen LogP contribution in [0.25, 0.3) is 10.2 Å². The van der Waals surface area contributed by atoms with Crippen molar-refractivity contribution in [2.24, 2.45) is 10.4 Å². The van der Waals surface area contributed by atoms with E-state index in [1.54, 1.807) is 60.4 Å². The molecule has 29 heavy (non-hydrogen) atoms. The van der Waals surface area contributed by atoms with E-state index in [2.05, 4.69) is 30.7 Å². The van der Waals surface area contributed by atoms with Crippen LogP contribution in [0.5, 0.6) is 0 Å². The maximum Gasteiger partial charge on any atom is 0.293 e. The highest BCUT2D eigenvalue weighted by molar-refractivity contribution is 8.01. The Hall–Kier alpha value is -2.45. The van der Waals surface area contributed by atoms with Crippen molar-refractivity contribution in [1.82, 2.24) is 4.98 Å². The number of anilines is 1. The fraction of sp³-hybridized carbons (Fsp3) is 0.333. The number of nitro benzene ring substituents is 1. The number of hydrogen-bond acceptors (Lipinski definition) is 7. The highest BCUT2D eigenvalue weighted by Crippen LogP contribution is 2.35. The van der Waals surface area contributed by atoms with Gasteiger partial charge in [0.05, 0.1) is 20.8 Å². The smallest absolute Gasteiger partial charge is 0.293 e. The van der Waals surface area contributed by atoms with Crippen LogP contribution in [0.15, 0.2) is 45.7 Å². The number of rotatable bonds is 6. The first-order valence-electron chi connectivity index (χ1n) is 9.16. The summed E-state index contributed by atoms with van der Waals surface area (Å²) in [5.74, 6) is 1.01. The molecule has 3 aromatic rings. The SMILES string of the molecule is CN(C)c1ccc(C=Nc2ccc3nc(SCC(C)(C)C)sc3c2)cc1[N+](=O)[O-]. The molecule has 3 rings (SSSR count). The van der Waals surface area contributed by atoms with Crippen molar-refractivity contribution in [2.45, 2.75) is 25.1 Å². The zero-order valence-electron chi connectivity index (χ0n) is 17.2. The van der Waals surface area contributed by atoms with E-state index < -0.39 is 0 Å². The second kappa shape index (κ2) is 8.51. The largest absolute Gasteiger partial charge is 0.372 e. The second-order valence-corrected chi connectivity index (χ2v) is 10.4. The van der Waals surface area contributed by atoms with Crippen LogP contribution in [0.1, 0.15) is 26.3 Å². The molecule has 1 heterocycles. The molecule has 8 heteroatoms.